The third kappa shape index (κ3) is 4.00. The second-order valence-corrected chi connectivity index (χ2v) is 1.97. The van der Waals surface area contributed by atoms with Crippen molar-refractivity contribution in [1.82, 2.24) is 30.8 Å². The molecule has 2 aromatic heterocycles. The Morgan fingerprint density at radius 2 is 1.71 bits per heavy atom. The monoisotopic (exact) mass is 192 g/mol. The van der Waals surface area contributed by atoms with Crippen LogP contribution in [0, 0.1) is 0 Å². The molecule has 72 valence electrons. The number of hydrogen-bond acceptors (Lipinski definition) is 7. The lowest BCUT2D eigenvalue weighted by Gasteiger charge is -1.90. The van der Waals surface area contributed by atoms with Crippen LogP contribution in [0.4, 0.5) is 0 Å². The van der Waals surface area contributed by atoms with Crippen molar-refractivity contribution in [3.05, 3.63) is 30.7 Å². The summed E-state index contributed by atoms with van der Waals surface area (Å²) in [6.45, 7) is 0. The van der Waals surface area contributed by atoms with Gasteiger partial charge in [-0.15, -0.1) is 15.3 Å². The predicted octanol–water partition coefficient (Wildman–Crippen LogP) is -0.248. The molecule has 14 heavy (non-hydrogen) atoms. The summed E-state index contributed by atoms with van der Waals surface area (Å²) in [5.41, 5.74) is 0. The summed E-state index contributed by atoms with van der Waals surface area (Å²) < 4.78 is 4.70. The second-order valence-electron chi connectivity index (χ2n) is 1.97. The first-order valence-electron chi connectivity index (χ1n) is 3.70. The van der Waals surface area contributed by atoms with Gasteiger partial charge in [0.15, 0.2) is 0 Å². The normalized spacial score (nSPS) is 8.36. The maximum atomic E-state index is 4.70. The van der Waals surface area contributed by atoms with E-state index in [2.05, 4.69) is 30.8 Å². The molecule has 0 unspecified atom stereocenters. The van der Waals surface area contributed by atoms with Crippen molar-refractivity contribution < 1.29 is 4.74 Å². The average Bonchev–Trinajstić information content (AvgIpc) is 2.33. The number of nitrogens with zero attached hydrogens (tertiary/aromatic N) is 6. The lowest BCUT2D eigenvalue weighted by atomic mass is 10.7. The average molecular weight is 192 g/mol. The molecule has 7 nitrogen and oxygen atoms in total. The predicted molar refractivity (Wildman–Crippen MR) is 46.2 cm³/mol. The molecule has 0 aliphatic rings. The number of hydrogen-bond donors (Lipinski definition) is 0. The third-order valence-electron chi connectivity index (χ3n) is 1.10. The first kappa shape index (κ1) is 9.90. The van der Waals surface area contributed by atoms with E-state index in [0.717, 1.165) is 0 Å². The van der Waals surface area contributed by atoms with E-state index in [9.17, 15) is 0 Å². The maximum Gasteiger partial charge on any atom is 0.236 e. The van der Waals surface area contributed by atoms with E-state index in [-0.39, 0.29) is 0 Å². The van der Waals surface area contributed by atoms with Gasteiger partial charge < -0.3 is 4.74 Å². The zero-order chi connectivity index (χ0) is 10.1. The molecule has 2 aromatic rings. The molecule has 0 fully saturated rings. The van der Waals surface area contributed by atoms with Gasteiger partial charge in [-0.25, -0.2) is 0 Å². The van der Waals surface area contributed by atoms with Crippen LogP contribution >= 0.6 is 0 Å². The molecule has 0 N–H and O–H groups in total. The SMILES string of the molecule is COc1ccnnn1.c1cnnnc1. The van der Waals surface area contributed by atoms with Gasteiger partial charge in [0.2, 0.25) is 5.88 Å². The zero-order valence-electron chi connectivity index (χ0n) is 7.48. The number of ether oxygens (including phenoxy) is 1. The molecule has 2 rings (SSSR count). The molecule has 0 radical (unpaired) electrons. The topological polar surface area (TPSA) is 86.6 Å². The van der Waals surface area contributed by atoms with Crippen LogP contribution in [0.5, 0.6) is 5.88 Å². The van der Waals surface area contributed by atoms with Crippen LogP contribution in [-0.4, -0.2) is 37.9 Å². The molecule has 0 aliphatic heterocycles. The Morgan fingerprint density at radius 1 is 1.00 bits per heavy atom. The standard InChI is InChI=1S/C4H5N3O.C3H3N3/c1-8-4-2-3-5-7-6-4;1-2-4-6-5-3-1/h2-3H,1H3;1-3H. The molecular formula is C7H8N6O. The smallest absolute Gasteiger partial charge is 0.236 e. The number of aromatic nitrogens is 6. The molecule has 0 aliphatic carbocycles. The molecule has 0 bridgehead atoms. The highest BCUT2D eigenvalue weighted by Gasteiger charge is 1.84. The van der Waals surface area contributed by atoms with Crippen LogP contribution in [0.25, 0.3) is 0 Å². The number of methoxy groups -OCH3 is 1. The Hall–Kier alpha value is -2.18. The van der Waals surface area contributed by atoms with Crippen LogP contribution in [0.3, 0.4) is 0 Å². The molecule has 0 amide bonds. The van der Waals surface area contributed by atoms with Crippen molar-refractivity contribution in [3.63, 3.8) is 0 Å². The summed E-state index contributed by atoms with van der Waals surface area (Å²) in [7, 11) is 1.53. The highest BCUT2D eigenvalue weighted by atomic mass is 16.5. The summed E-state index contributed by atoms with van der Waals surface area (Å²) >= 11 is 0. The molecule has 2 heterocycles. The van der Waals surface area contributed by atoms with Gasteiger partial charge in [0.25, 0.3) is 0 Å². The third-order valence-corrected chi connectivity index (χ3v) is 1.10. The van der Waals surface area contributed by atoms with E-state index in [1.165, 1.54) is 13.3 Å². The molecule has 7 heteroatoms. The zero-order valence-corrected chi connectivity index (χ0v) is 7.48. The maximum absolute atomic E-state index is 4.70. The Labute approximate surface area is 80.2 Å². The molecule has 0 atom stereocenters. The van der Waals surface area contributed by atoms with Gasteiger partial charge in [-0.3, -0.25) is 0 Å². The highest BCUT2D eigenvalue weighted by Crippen LogP contribution is 1.95. The van der Waals surface area contributed by atoms with Gasteiger partial charge in [-0.05, 0) is 16.5 Å². The fourth-order valence-electron chi connectivity index (χ4n) is 0.544. The van der Waals surface area contributed by atoms with Gasteiger partial charge in [-0.1, -0.05) is 5.10 Å². The van der Waals surface area contributed by atoms with Gasteiger partial charge in [0, 0.05) is 6.07 Å². The van der Waals surface area contributed by atoms with E-state index in [4.69, 9.17) is 4.74 Å². The lowest BCUT2D eigenvalue weighted by Crippen LogP contribution is -1.89. The molecule has 0 aromatic carbocycles. The van der Waals surface area contributed by atoms with E-state index in [1.54, 1.807) is 24.5 Å². The number of rotatable bonds is 1. The fourth-order valence-corrected chi connectivity index (χ4v) is 0.544. The Morgan fingerprint density at radius 3 is 2.00 bits per heavy atom. The van der Waals surface area contributed by atoms with Crippen LogP contribution in [-0.2, 0) is 0 Å². The van der Waals surface area contributed by atoms with E-state index in [1.807, 2.05) is 0 Å². The minimum Gasteiger partial charge on any atom is -0.480 e. The van der Waals surface area contributed by atoms with E-state index < -0.39 is 0 Å². The van der Waals surface area contributed by atoms with Crippen molar-refractivity contribution in [2.45, 2.75) is 0 Å². The summed E-state index contributed by atoms with van der Waals surface area (Å²) in [6, 6.07) is 3.35. The quantitative estimate of drug-likeness (QED) is 0.615. The van der Waals surface area contributed by atoms with E-state index >= 15 is 0 Å². The van der Waals surface area contributed by atoms with Crippen molar-refractivity contribution in [3.8, 4) is 5.88 Å². The van der Waals surface area contributed by atoms with Crippen LogP contribution < -0.4 is 4.74 Å². The minimum absolute atomic E-state index is 0.486. The molecule has 0 saturated carbocycles. The Bertz CT molecular complexity index is 302. The van der Waals surface area contributed by atoms with Crippen LogP contribution in [0.1, 0.15) is 0 Å². The highest BCUT2D eigenvalue weighted by molar-refractivity contribution is 5.00. The van der Waals surface area contributed by atoms with Gasteiger partial charge in [0.1, 0.15) is 0 Å². The van der Waals surface area contributed by atoms with E-state index in [0.29, 0.717) is 5.88 Å². The van der Waals surface area contributed by atoms with Gasteiger partial charge >= 0.3 is 0 Å². The Balaban J connectivity index is 0.000000146. The fraction of sp³-hybridized carbons (Fsp3) is 0.143. The van der Waals surface area contributed by atoms with Crippen molar-refractivity contribution in [2.75, 3.05) is 7.11 Å². The van der Waals surface area contributed by atoms with Crippen molar-refractivity contribution in [1.29, 1.82) is 0 Å². The summed E-state index contributed by atoms with van der Waals surface area (Å²) in [5.74, 6) is 0.486. The summed E-state index contributed by atoms with van der Waals surface area (Å²) in [5, 5.41) is 20.4. The van der Waals surface area contributed by atoms with Gasteiger partial charge in [-0.2, -0.15) is 0 Å². The lowest BCUT2D eigenvalue weighted by molar-refractivity contribution is 0.388. The molecule has 0 saturated heterocycles. The van der Waals surface area contributed by atoms with Crippen LogP contribution in [0.15, 0.2) is 30.7 Å². The molecule has 0 spiro atoms. The summed E-state index contributed by atoms with van der Waals surface area (Å²) in [4.78, 5) is 0. The molecular weight excluding hydrogens is 184 g/mol. The van der Waals surface area contributed by atoms with Crippen LogP contribution in [0.2, 0.25) is 0 Å². The Kier molecular flexibility index (Phi) is 4.49. The first-order chi connectivity index (χ1) is 6.93. The second kappa shape index (κ2) is 6.35. The minimum atomic E-state index is 0.486. The van der Waals surface area contributed by atoms with Crippen molar-refractivity contribution >= 4 is 0 Å². The summed E-state index contributed by atoms with van der Waals surface area (Å²) in [6.07, 6.45) is 4.67. The van der Waals surface area contributed by atoms with Gasteiger partial charge in [0.05, 0.1) is 25.7 Å². The first-order valence-corrected chi connectivity index (χ1v) is 3.70. The largest absolute Gasteiger partial charge is 0.480 e. The van der Waals surface area contributed by atoms with Crippen molar-refractivity contribution in [2.24, 2.45) is 0 Å².